The second-order valence-corrected chi connectivity index (χ2v) is 4.17. The van der Waals surface area contributed by atoms with Gasteiger partial charge in [-0.05, 0) is 23.2 Å². The van der Waals surface area contributed by atoms with E-state index in [1.807, 2.05) is 24.3 Å². The minimum atomic E-state index is -0.0665. The summed E-state index contributed by atoms with van der Waals surface area (Å²) in [5, 5.41) is 5.11. The lowest BCUT2D eigenvalue weighted by molar-refractivity contribution is 1.25. The zero-order chi connectivity index (χ0) is 12.8. The van der Waals surface area contributed by atoms with E-state index in [4.69, 9.17) is 5.53 Å². The molecule has 2 rings (SSSR count). The molecule has 0 aliphatic rings. The molecule has 1 heterocycles. The van der Waals surface area contributed by atoms with Gasteiger partial charge in [-0.2, -0.15) is 0 Å². The summed E-state index contributed by atoms with van der Waals surface area (Å²) in [6.07, 6.45) is 0. The molecule has 6 heteroatoms. The van der Waals surface area contributed by atoms with Gasteiger partial charge in [0.15, 0.2) is 0 Å². The van der Waals surface area contributed by atoms with E-state index in [-0.39, 0.29) is 11.4 Å². The Bertz CT molecular complexity index is 696. The van der Waals surface area contributed by atoms with Crippen molar-refractivity contribution in [3.63, 3.8) is 0 Å². The van der Waals surface area contributed by atoms with Gasteiger partial charge in [0.1, 0.15) is 0 Å². The molecule has 5 nitrogen and oxygen atoms in total. The molecule has 0 unspecified atom stereocenters. The van der Waals surface area contributed by atoms with Crippen molar-refractivity contribution in [3.05, 3.63) is 55.3 Å². The number of aromatic nitrogens is 1. The molecule has 0 bridgehead atoms. The Labute approximate surface area is 107 Å². The van der Waals surface area contributed by atoms with Crippen LogP contribution in [0, 0.1) is 11.8 Å². The molecule has 88 valence electrons. The number of aromatic amines is 1. The van der Waals surface area contributed by atoms with Gasteiger partial charge in [-0.1, -0.05) is 40.4 Å². The normalized spacial score (nSPS) is 9.11. The van der Waals surface area contributed by atoms with Gasteiger partial charge in [-0.25, -0.2) is 0 Å². The smallest absolute Gasteiger partial charge is 0.304 e. The van der Waals surface area contributed by atoms with Crippen LogP contribution in [0.4, 0.5) is 0 Å². The van der Waals surface area contributed by atoms with E-state index in [1.54, 1.807) is 5.38 Å². The zero-order valence-electron chi connectivity index (χ0n) is 9.25. The Morgan fingerprint density at radius 2 is 2.17 bits per heavy atom. The third-order valence-electron chi connectivity index (χ3n) is 2.16. The number of thiazole rings is 1. The van der Waals surface area contributed by atoms with Crippen LogP contribution in [0.2, 0.25) is 0 Å². The molecule has 0 aliphatic heterocycles. The van der Waals surface area contributed by atoms with Crippen molar-refractivity contribution in [2.75, 3.05) is 6.54 Å². The first kappa shape index (κ1) is 12.0. The number of hydrogen-bond donors (Lipinski definition) is 1. The van der Waals surface area contributed by atoms with Crippen LogP contribution in [0.1, 0.15) is 5.56 Å². The average Bonchev–Trinajstić information content (AvgIpc) is 2.82. The Kier molecular flexibility index (Phi) is 3.82. The predicted molar refractivity (Wildman–Crippen MR) is 71.3 cm³/mol. The minimum Gasteiger partial charge on any atom is -0.312 e. The monoisotopic (exact) mass is 256 g/mol. The Morgan fingerprint density at radius 1 is 1.39 bits per heavy atom. The van der Waals surface area contributed by atoms with Crippen LogP contribution >= 0.6 is 11.3 Å². The zero-order valence-corrected chi connectivity index (χ0v) is 10.1. The second kappa shape index (κ2) is 5.73. The van der Waals surface area contributed by atoms with Gasteiger partial charge >= 0.3 is 4.87 Å². The second-order valence-electron chi connectivity index (χ2n) is 3.33. The minimum absolute atomic E-state index is 0.0665. The summed E-state index contributed by atoms with van der Waals surface area (Å²) in [5.74, 6) is 5.62. The number of nitrogens with one attached hydrogen (secondary N) is 1. The first-order valence-electron chi connectivity index (χ1n) is 5.07. The van der Waals surface area contributed by atoms with Gasteiger partial charge in [-0.3, -0.25) is 4.79 Å². The molecule has 0 aliphatic carbocycles. The highest BCUT2D eigenvalue weighted by molar-refractivity contribution is 7.07. The molecule has 0 saturated carbocycles. The molecule has 1 N–H and O–H groups in total. The Balaban J connectivity index is 2.16. The van der Waals surface area contributed by atoms with Crippen molar-refractivity contribution >= 4 is 11.3 Å². The third kappa shape index (κ3) is 3.01. The van der Waals surface area contributed by atoms with Gasteiger partial charge in [-0.15, -0.1) is 0 Å². The van der Waals surface area contributed by atoms with Crippen molar-refractivity contribution < 1.29 is 0 Å². The molecule has 0 spiro atoms. The average molecular weight is 256 g/mol. The van der Waals surface area contributed by atoms with Gasteiger partial charge in [0.05, 0.1) is 12.2 Å². The fraction of sp³-hybridized carbons (Fsp3) is 0.0833. The first-order chi connectivity index (χ1) is 8.79. The summed E-state index contributed by atoms with van der Waals surface area (Å²) in [6, 6.07) is 7.48. The summed E-state index contributed by atoms with van der Waals surface area (Å²) in [5.41, 5.74) is 10.7. The summed E-state index contributed by atoms with van der Waals surface area (Å²) in [7, 11) is 0. The quantitative estimate of drug-likeness (QED) is 0.381. The van der Waals surface area contributed by atoms with Gasteiger partial charge < -0.3 is 4.98 Å². The van der Waals surface area contributed by atoms with E-state index < -0.39 is 0 Å². The van der Waals surface area contributed by atoms with Gasteiger partial charge in [0.2, 0.25) is 0 Å². The van der Waals surface area contributed by atoms with Crippen LogP contribution < -0.4 is 4.87 Å². The summed E-state index contributed by atoms with van der Waals surface area (Å²) >= 11 is 1.14. The molecule has 18 heavy (non-hydrogen) atoms. The van der Waals surface area contributed by atoms with Gasteiger partial charge in [0.25, 0.3) is 0 Å². The fourth-order valence-electron chi connectivity index (χ4n) is 1.36. The van der Waals surface area contributed by atoms with Crippen LogP contribution in [0.15, 0.2) is 39.6 Å². The number of nitrogens with zero attached hydrogens (tertiary/aromatic N) is 3. The van der Waals surface area contributed by atoms with Crippen molar-refractivity contribution in [1.29, 1.82) is 0 Å². The fourth-order valence-corrected chi connectivity index (χ4v) is 1.95. The lowest BCUT2D eigenvalue weighted by Crippen LogP contribution is -1.92. The predicted octanol–water partition coefficient (Wildman–Crippen LogP) is 2.77. The molecular formula is C12H8N4OS. The molecule has 1 aromatic carbocycles. The standard InChI is InChI=1S/C12H8N4OS/c13-16-14-7-1-2-9-3-5-10(6-4-9)11-8-18-12(17)15-11/h3-6,8H,7H2,(H,15,17). The Morgan fingerprint density at radius 3 is 2.78 bits per heavy atom. The number of rotatable bonds is 2. The maximum absolute atomic E-state index is 11.0. The van der Waals surface area contributed by atoms with Crippen molar-refractivity contribution in [2.24, 2.45) is 5.11 Å². The molecule has 1 aromatic heterocycles. The highest BCUT2D eigenvalue weighted by Gasteiger charge is 1.99. The van der Waals surface area contributed by atoms with Crippen LogP contribution in [0.5, 0.6) is 0 Å². The number of azide groups is 1. The summed E-state index contributed by atoms with van der Waals surface area (Å²) in [4.78, 5) is 16.3. The molecular weight excluding hydrogens is 248 g/mol. The van der Waals surface area contributed by atoms with Crippen molar-refractivity contribution in [3.8, 4) is 23.1 Å². The van der Waals surface area contributed by atoms with Crippen molar-refractivity contribution in [1.82, 2.24) is 4.98 Å². The number of benzene rings is 1. The summed E-state index contributed by atoms with van der Waals surface area (Å²) < 4.78 is 0. The third-order valence-corrected chi connectivity index (χ3v) is 2.83. The van der Waals surface area contributed by atoms with Crippen molar-refractivity contribution in [2.45, 2.75) is 0 Å². The molecule has 0 fully saturated rings. The maximum Gasteiger partial charge on any atom is 0.304 e. The van der Waals surface area contributed by atoms with E-state index in [2.05, 4.69) is 26.9 Å². The largest absolute Gasteiger partial charge is 0.312 e. The molecule has 0 radical (unpaired) electrons. The highest BCUT2D eigenvalue weighted by Crippen LogP contribution is 2.17. The van der Waals surface area contributed by atoms with Gasteiger partial charge in [0, 0.05) is 15.9 Å². The van der Waals surface area contributed by atoms with Crippen LogP contribution in [0.3, 0.4) is 0 Å². The van der Waals surface area contributed by atoms with E-state index in [0.717, 1.165) is 28.2 Å². The summed E-state index contributed by atoms with van der Waals surface area (Å²) in [6.45, 7) is 0.163. The lowest BCUT2D eigenvalue weighted by Gasteiger charge is -1.96. The highest BCUT2D eigenvalue weighted by atomic mass is 32.1. The molecule has 2 aromatic rings. The topological polar surface area (TPSA) is 81.6 Å². The molecule has 0 amide bonds. The van der Waals surface area contributed by atoms with E-state index in [0.29, 0.717) is 0 Å². The molecule has 0 saturated heterocycles. The SMILES string of the molecule is [N-]=[N+]=NCC#Cc1ccc(-c2csc(=O)[nH]2)cc1. The first-order valence-corrected chi connectivity index (χ1v) is 5.95. The molecule has 0 atom stereocenters. The van der Waals surface area contributed by atoms with E-state index in [9.17, 15) is 4.79 Å². The van der Waals surface area contributed by atoms with E-state index >= 15 is 0 Å². The number of hydrogen-bond acceptors (Lipinski definition) is 3. The van der Waals surface area contributed by atoms with Crippen LogP contribution in [-0.2, 0) is 0 Å². The Hall–Kier alpha value is -2.48. The number of H-pyrrole nitrogens is 1. The van der Waals surface area contributed by atoms with Crippen LogP contribution in [-0.4, -0.2) is 11.5 Å². The van der Waals surface area contributed by atoms with Crippen LogP contribution in [0.25, 0.3) is 21.7 Å². The lowest BCUT2D eigenvalue weighted by atomic mass is 10.1. The maximum atomic E-state index is 11.0. The van der Waals surface area contributed by atoms with E-state index in [1.165, 1.54) is 0 Å².